The summed E-state index contributed by atoms with van der Waals surface area (Å²) in [6.45, 7) is 3.94. The van der Waals surface area contributed by atoms with E-state index in [9.17, 15) is 4.79 Å². The molecule has 0 saturated carbocycles. The predicted octanol–water partition coefficient (Wildman–Crippen LogP) is 1.92. The van der Waals surface area contributed by atoms with Crippen molar-refractivity contribution in [3.05, 3.63) is 34.9 Å². The standard InChI is InChI=1S/C16H21NO3/c18-16(20-11-12-4-7-19-8-5-12)14-2-1-13-3-6-17-10-15(13)9-14/h1-2,9,12,17H,3-8,10-11H2. The van der Waals surface area contributed by atoms with E-state index in [2.05, 4.69) is 11.4 Å². The zero-order valence-corrected chi connectivity index (χ0v) is 11.7. The molecule has 2 heterocycles. The van der Waals surface area contributed by atoms with Crippen LogP contribution in [0.15, 0.2) is 18.2 Å². The second kappa shape index (κ2) is 6.37. The van der Waals surface area contributed by atoms with Crippen LogP contribution in [0.1, 0.15) is 34.3 Å². The van der Waals surface area contributed by atoms with Crippen LogP contribution in [-0.4, -0.2) is 32.3 Å². The number of rotatable bonds is 3. The highest BCUT2D eigenvalue weighted by atomic mass is 16.5. The number of carbonyl (C=O) groups is 1. The SMILES string of the molecule is O=C(OCC1CCOCC1)c1ccc2c(c1)CNCC2. The van der Waals surface area contributed by atoms with E-state index in [1.54, 1.807) is 0 Å². The Morgan fingerprint density at radius 2 is 2.15 bits per heavy atom. The number of benzene rings is 1. The van der Waals surface area contributed by atoms with Crippen molar-refractivity contribution in [2.75, 3.05) is 26.4 Å². The summed E-state index contributed by atoms with van der Waals surface area (Å²) >= 11 is 0. The molecule has 1 aromatic rings. The highest BCUT2D eigenvalue weighted by Gasteiger charge is 2.18. The van der Waals surface area contributed by atoms with Gasteiger partial charge in [0.05, 0.1) is 12.2 Å². The first-order valence-corrected chi connectivity index (χ1v) is 7.40. The molecule has 4 nitrogen and oxygen atoms in total. The molecular formula is C16H21NO3. The molecule has 0 aliphatic carbocycles. The van der Waals surface area contributed by atoms with Crippen molar-refractivity contribution >= 4 is 5.97 Å². The summed E-state index contributed by atoms with van der Waals surface area (Å²) in [5, 5.41) is 3.32. The molecule has 0 radical (unpaired) electrons. The van der Waals surface area contributed by atoms with E-state index in [1.807, 2.05) is 12.1 Å². The summed E-state index contributed by atoms with van der Waals surface area (Å²) in [5.41, 5.74) is 3.22. The average molecular weight is 275 g/mol. The van der Waals surface area contributed by atoms with Gasteiger partial charge in [-0.05, 0) is 55.0 Å². The molecule has 2 aliphatic rings. The summed E-state index contributed by atoms with van der Waals surface area (Å²) in [7, 11) is 0. The highest BCUT2D eigenvalue weighted by Crippen LogP contribution is 2.18. The van der Waals surface area contributed by atoms with Crippen molar-refractivity contribution in [1.82, 2.24) is 5.32 Å². The van der Waals surface area contributed by atoms with Crippen molar-refractivity contribution in [3.63, 3.8) is 0 Å². The Balaban J connectivity index is 1.59. The Bertz CT molecular complexity index is 481. The summed E-state index contributed by atoms with van der Waals surface area (Å²) in [4.78, 5) is 12.1. The molecule has 0 spiro atoms. The molecule has 20 heavy (non-hydrogen) atoms. The number of nitrogens with one attached hydrogen (secondary N) is 1. The molecule has 0 amide bonds. The minimum Gasteiger partial charge on any atom is -0.462 e. The molecule has 4 heteroatoms. The summed E-state index contributed by atoms with van der Waals surface area (Å²) < 4.78 is 10.7. The lowest BCUT2D eigenvalue weighted by molar-refractivity contribution is 0.0185. The van der Waals surface area contributed by atoms with E-state index in [1.165, 1.54) is 11.1 Å². The lowest BCUT2D eigenvalue weighted by Gasteiger charge is -2.22. The summed E-state index contributed by atoms with van der Waals surface area (Å²) in [5.74, 6) is 0.247. The van der Waals surface area contributed by atoms with E-state index in [-0.39, 0.29) is 5.97 Å². The third-order valence-corrected chi connectivity index (χ3v) is 4.12. The van der Waals surface area contributed by atoms with E-state index < -0.39 is 0 Å². The van der Waals surface area contributed by atoms with Crippen LogP contribution in [0.3, 0.4) is 0 Å². The second-order valence-electron chi connectivity index (χ2n) is 5.56. The minimum atomic E-state index is -0.204. The third-order valence-electron chi connectivity index (χ3n) is 4.12. The smallest absolute Gasteiger partial charge is 0.338 e. The van der Waals surface area contributed by atoms with Gasteiger partial charge in [0.1, 0.15) is 0 Å². The van der Waals surface area contributed by atoms with Crippen LogP contribution in [0, 0.1) is 5.92 Å². The van der Waals surface area contributed by atoms with Gasteiger partial charge in [-0.15, -0.1) is 0 Å². The third kappa shape index (κ3) is 3.19. The van der Waals surface area contributed by atoms with Crippen LogP contribution in [0.5, 0.6) is 0 Å². The maximum Gasteiger partial charge on any atom is 0.338 e. The molecule has 0 atom stereocenters. The van der Waals surface area contributed by atoms with Crippen LogP contribution >= 0.6 is 0 Å². The normalized spacial score (nSPS) is 19.4. The van der Waals surface area contributed by atoms with Gasteiger partial charge in [0, 0.05) is 19.8 Å². The maximum atomic E-state index is 12.1. The van der Waals surface area contributed by atoms with Gasteiger partial charge in [-0.2, -0.15) is 0 Å². The molecule has 0 unspecified atom stereocenters. The fraction of sp³-hybridized carbons (Fsp3) is 0.562. The van der Waals surface area contributed by atoms with Gasteiger partial charge in [0.2, 0.25) is 0 Å². The fourth-order valence-corrected chi connectivity index (χ4v) is 2.80. The van der Waals surface area contributed by atoms with Gasteiger partial charge in [0.25, 0.3) is 0 Å². The van der Waals surface area contributed by atoms with Crippen molar-refractivity contribution in [2.24, 2.45) is 5.92 Å². The van der Waals surface area contributed by atoms with Gasteiger partial charge < -0.3 is 14.8 Å². The van der Waals surface area contributed by atoms with E-state index in [4.69, 9.17) is 9.47 Å². The van der Waals surface area contributed by atoms with Crippen LogP contribution in [0.4, 0.5) is 0 Å². The fourth-order valence-electron chi connectivity index (χ4n) is 2.80. The number of esters is 1. The van der Waals surface area contributed by atoms with Crippen molar-refractivity contribution in [3.8, 4) is 0 Å². The Morgan fingerprint density at radius 3 is 3.00 bits per heavy atom. The average Bonchev–Trinajstić information content (AvgIpc) is 2.53. The molecule has 108 valence electrons. The molecule has 3 rings (SSSR count). The van der Waals surface area contributed by atoms with Crippen LogP contribution in [0.2, 0.25) is 0 Å². The van der Waals surface area contributed by atoms with E-state index in [0.717, 1.165) is 45.6 Å². The number of carbonyl (C=O) groups excluding carboxylic acids is 1. The van der Waals surface area contributed by atoms with Crippen LogP contribution in [0.25, 0.3) is 0 Å². The van der Waals surface area contributed by atoms with E-state index >= 15 is 0 Å². The van der Waals surface area contributed by atoms with Gasteiger partial charge in [-0.1, -0.05) is 6.07 Å². The second-order valence-corrected chi connectivity index (χ2v) is 5.56. The van der Waals surface area contributed by atoms with Crippen molar-refractivity contribution in [1.29, 1.82) is 0 Å². The first-order chi connectivity index (χ1) is 9.83. The highest BCUT2D eigenvalue weighted by molar-refractivity contribution is 5.89. The first-order valence-electron chi connectivity index (χ1n) is 7.40. The number of hydrogen-bond acceptors (Lipinski definition) is 4. The zero-order chi connectivity index (χ0) is 13.8. The first kappa shape index (κ1) is 13.6. The molecule has 1 N–H and O–H groups in total. The lowest BCUT2D eigenvalue weighted by atomic mass is 9.98. The number of fused-ring (bicyclic) bond motifs is 1. The Hall–Kier alpha value is -1.39. The Labute approximate surface area is 119 Å². The molecule has 1 fully saturated rings. The van der Waals surface area contributed by atoms with Gasteiger partial charge in [0.15, 0.2) is 0 Å². The summed E-state index contributed by atoms with van der Waals surface area (Å²) in [6, 6.07) is 5.91. The van der Waals surface area contributed by atoms with Crippen molar-refractivity contribution in [2.45, 2.75) is 25.8 Å². The lowest BCUT2D eigenvalue weighted by Crippen LogP contribution is -2.24. The largest absolute Gasteiger partial charge is 0.462 e. The topological polar surface area (TPSA) is 47.6 Å². The van der Waals surface area contributed by atoms with Crippen LogP contribution < -0.4 is 5.32 Å². The molecule has 2 aliphatic heterocycles. The molecular weight excluding hydrogens is 254 g/mol. The minimum absolute atomic E-state index is 0.204. The monoisotopic (exact) mass is 275 g/mol. The zero-order valence-electron chi connectivity index (χ0n) is 11.7. The van der Waals surface area contributed by atoms with Gasteiger partial charge in [-0.3, -0.25) is 0 Å². The molecule has 0 aromatic heterocycles. The molecule has 0 bridgehead atoms. The maximum absolute atomic E-state index is 12.1. The Morgan fingerprint density at radius 1 is 1.30 bits per heavy atom. The number of ether oxygens (including phenoxy) is 2. The molecule has 1 aromatic carbocycles. The summed E-state index contributed by atoms with van der Waals surface area (Å²) in [6.07, 6.45) is 3.01. The van der Waals surface area contributed by atoms with Gasteiger partial charge in [-0.25, -0.2) is 4.79 Å². The van der Waals surface area contributed by atoms with Gasteiger partial charge >= 0.3 is 5.97 Å². The number of hydrogen-bond donors (Lipinski definition) is 1. The quantitative estimate of drug-likeness (QED) is 0.856. The van der Waals surface area contributed by atoms with E-state index in [0.29, 0.717) is 18.1 Å². The predicted molar refractivity (Wildman–Crippen MR) is 75.7 cm³/mol. The molecule has 1 saturated heterocycles. The Kier molecular flexibility index (Phi) is 4.33. The van der Waals surface area contributed by atoms with Crippen LogP contribution in [-0.2, 0) is 22.4 Å². The van der Waals surface area contributed by atoms with Crippen molar-refractivity contribution < 1.29 is 14.3 Å².